The molecule has 0 atom stereocenters. The highest BCUT2D eigenvalue weighted by Gasteiger charge is 2.00. The molecule has 0 bridgehead atoms. The first-order valence-corrected chi connectivity index (χ1v) is 3.86. The van der Waals surface area contributed by atoms with E-state index < -0.39 is 0 Å². The molecule has 0 aliphatic rings. The van der Waals surface area contributed by atoms with Crippen LogP contribution in [-0.2, 0) is 4.79 Å². The number of hydrogen-bond acceptors (Lipinski definition) is 1. The second-order valence-corrected chi connectivity index (χ2v) is 2.83. The van der Waals surface area contributed by atoms with Gasteiger partial charge in [-0.05, 0) is 5.92 Å². The van der Waals surface area contributed by atoms with Gasteiger partial charge in [0.25, 0.3) is 0 Å². The van der Waals surface area contributed by atoms with Gasteiger partial charge in [-0.1, -0.05) is 29.8 Å². The Morgan fingerprint density at radius 3 is 2.25 bits per heavy atom. The summed E-state index contributed by atoms with van der Waals surface area (Å²) in [6.45, 7) is 4.08. The normalized spacial score (nSPS) is 10.0. The Morgan fingerprint density at radius 1 is 1.62 bits per heavy atom. The fourth-order valence-electron chi connectivity index (χ4n) is 0.510. The molecular formula is C6H11BrO. The van der Waals surface area contributed by atoms with Crippen molar-refractivity contribution < 1.29 is 4.79 Å². The van der Waals surface area contributed by atoms with Crippen LogP contribution in [0.2, 0.25) is 0 Å². The molecule has 0 unspecified atom stereocenters. The molecule has 0 aliphatic carbocycles. The van der Waals surface area contributed by atoms with Crippen LogP contribution < -0.4 is 0 Å². The number of carbonyl (C=O) groups is 1. The van der Waals surface area contributed by atoms with Crippen molar-refractivity contribution in [3.63, 3.8) is 0 Å². The highest BCUT2D eigenvalue weighted by Crippen LogP contribution is 2.00. The van der Waals surface area contributed by atoms with Gasteiger partial charge in [-0.3, -0.25) is 4.79 Å². The molecular weight excluding hydrogens is 168 g/mol. The minimum absolute atomic E-state index is 0.292. The predicted molar refractivity (Wildman–Crippen MR) is 38.3 cm³/mol. The van der Waals surface area contributed by atoms with Crippen molar-refractivity contribution in [2.24, 2.45) is 5.92 Å². The quantitative estimate of drug-likeness (QED) is 0.605. The van der Waals surface area contributed by atoms with Gasteiger partial charge in [-0.15, -0.1) is 0 Å². The van der Waals surface area contributed by atoms with E-state index >= 15 is 0 Å². The monoisotopic (exact) mass is 178 g/mol. The summed E-state index contributed by atoms with van der Waals surface area (Å²) in [6.07, 6.45) is 0.700. The lowest BCUT2D eigenvalue weighted by Crippen LogP contribution is -2.02. The molecule has 48 valence electrons. The maximum absolute atomic E-state index is 10.6. The van der Waals surface area contributed by atoms with E-state index in [1.54, 1.807) is 0 Å². The Morgan fingerprint density at radius 2 is 2.12 bits per heavy atom. The van der Waals surface area contributed by atoms with Crippen LogP contribution in [0.3, 0.4) is 0 Å². The number of carbonyl (C=O) groups excluding carboxylic acids is 1. The van der Waals surface area contributed by atoms with E-state index in [2.05, 4.69) is 15.9 Å². The smallest absolute Gasteiger partial charge is 0.143 e. The van der Waals surface area contributed by atoms with Crippen LogP contribution in [0.4, 0.5) is 0 Å². The maximum atomic E-state index is 10.6. The predicted octanol–water partition coefficient (Wildman–Crippen LogP) is 2.00. The molecule has 0 saturated carbocycles. The van der Waals surface area contributed by atoms with Crippen LogP contribution in [0, 0.1) is 5.92 Å². The van der Waals surface area contributed by atoms with Crippen LogP contribution in [0.25, 0.3) is 0 Å². The van der Waals surface area contributed by atoms with Crippen LogP contribution in [-0.4, -0.2) is 11.1 Å². The highest BCUT2D eigenvalue weighted by molar-refractivity contribution is 9.09. The number of ketones is 1. The van der Waals surface area contributed by atoms with Gasteiger partial charge >= 0.3 is 0 Å². The van der Waals surface area contributed by atoms with Crippen molar-refractivity contribution in [2.75, 3.05) is 5.33 Å². The van der Waals surface area contributed by atoms with E-state index in [0.29, 0.717) is 23.5 Å². The molecule has 0 fully saturated rings. The van der Waals surface area contributed by atoms with Gasteiger partial charge in [0.15, 0.2) is 0 Å². The molecule has 0 heterocycles. The summed E-state index contributed by atoms with van der Waals surface area (Å²) in [5.41, 5.74) is 0. The number of Topliss-reactive ketones (excluding diaryl/α,β-unsaturated/α-hetero) is 1. The lowest BCUT2D eigenvalue weighted by atomic mass is 10.1. The summed E-state index contributed by atoms with van der Waals surface area (Å²) in [5, 5.41) is 0.505. The Labute approximate surface area is 58.6 Å². The first kappa shape index (κ1) is 8.15. The molecule has 0 aromatic heterocycles. The van der Waals surface area contributed by atoms with Gasteiger partial charge in [-0.25, -0.2) is 0 Å². The third-order valence-corrected chi connectivity index (χ3v) is 1.41. The molecule has 0 spiro atoms. The Balaban J connectivity index is 3.25. The van der Waals surface area contributed by atoms with E-state index in [0.717, 1.165) is 0 Å². The van der Waals surface area contributed by atoms with E-state index in [9.17, 15) is 4.79 Å². The van der Waals surface area contributed by atoms with Crippen molar-refractivity contribution in [3.05, 3.63) is 0 Å². The fraction of sp³-hybridized carbons (Fsp3) is 0.833. The van der Waals surface area contributed by atoms with E-state index in [1.807, 2.05) is 13.8 Å². The molecule has 0 rings (SSSR count). The number of rotatable bonds is 3. The summed E-state index contributed by atoms with van der Waals surface area (Å²) in [5.74, 6) is 0.792. The third kappa shape index (κ3) is 4.31. The summed E-state index contributed by atoms with van der Waals surface area (Å²) in [6, 6.07) is 0. The lowest BCUT2D eigenvalue weighted by Gasteiger charge is -1.97. The maximum Gasteiger partial charge on any atom is 0.143 e. The van der Waals surface area contributed by atoms with Gasteiger partial charge in [0.1, 0.15) is 5.78 Å². The average Bonchev–Trinajstić information content (AvgIpc) is 1.65. The van der Waals surface area contributed by atoms with Crippen molar-refractivity contribution >= 4 is 21.7 Å². The van der Waals surface area contributed by atoms with E-state index in [-0.39, 0.29) is 0 Å². The lowest BCUT2D eigenvalue weighted by molar-refractivity contribution is -0.117. The fourth-order valence-corrected chi connectivity index (χ4v) is 0.739. The topological polar surface area (TPSA) is 17.1 Å². The zero-order valence-electron chi connectivity index (χ0n) is 5.28. The number of halogens is 1. The Bertz CT molecular complexity index is 78.6. The second kappa shape index (κ2) is 4.07. The molecule has 2 heteroatoms. The summed E-state index contributed by atoms with van der Waals surface area (Å²) in [7, 11) is 0. The Kier molecular flexibility index (Phi) is 4.15. The molecule has 0 amide bonds. The molecule has 0 aliphatic heterocycles. The van der Waals surface area contributed by atoms with Gasteiger partial charge < -0.3 is 0 Å². The first-order valence-electron chi connectivity index (χ1n) is 2.74. The number of alkyl halides is 1. The molecule has 0 aromatic carbocycles. The van der Waals surface area contributed by atoms with Gasteiger partial charge in [0.2, 0.25) is 0 Å². The van der Waals surface area contributed by atoms with Crippen LogP contribution in [0.5, 0.6) is 0 Å². The summed E-state index contributed by atoms with van der Waals surface area (Å²) < 4.78 is 0. The summed E-state index contributed by atoms with van der Waals surface area (Å²) in [4.78, 5) is 10.6. The van der Waals surface area contributed by atoms with Crippen molar-refractivity contribution in [1.82, 2.24) is 0 Å². The zero-order chi connectivity index (χ0) is 6.57. The van der Waals surface area contributed by atoms with E-state index in [4.69, 9.17) is 0 Å². The molecule has 0 N–H and O–H groups in total. The van der Waals surface area contributed by atoms with Crippen LogP contribution >= 0.6 is 15.9 Å². The molecule has 0 radical (unpaired) electrons. The number of hydrogen-bond donors (Lipinski definition) is 0. The third-order valence-electron chi connectivity index (χ3n) is 0.785. The SMILES string of the molecule is CC(C)CC(=O)CBr. The van der Waals surface area contributed by atoms with Crippen LogP contribution in [0.1, 0.15) is 20.3 Å². The van der Waals surface area contributed by atoms with Crippen molar-refractivity contribution in [2.45, 2.75) is 20.3 Å². The standard InChI is InChI=1S/C6H11BrO/c1-5(2)3-6(8)4-7/h5H,3-4H2,1-2H3. The Hall–Kier alpha value is 0.150. The summed E-state index contributed by atoms with van der Waals surface area (Å²) >= 11 is 3.09. The first-order chi connectivity index (χ1) is 3.66. The second-order valence-electron chi connectivity index (χ2n) is 2.27. The molecule has 1 nitrogen and oxygen atoms in total. The minimum Gasteiger partial charge on any atom is -0.299 e. The van der Waals surface area contributed by atoms with E-state index in [1.165, 1.54) is 0 Å². The van der Waals surface area contributed by atoms with Crippen LogP contribution in [0.15, 0.2) is 0 Å². The molecule has 8 heavy (non-hydrogen) atoms. The molecule has 0 saturated heterocycles. The van der Waals surface area contributed by atoms with Gasteiger partial charge in [0.05, 0.1) is 5.33 Å². The highest BCUT2D eigenvalue weighted by atomic mass is 79.9. The average molecular weight is 179 g/mol. The van der Waals surface area contributed by atoms with Crippen molar-refractivity contribution in [1.29, 1.82) is 0 Å². The zero-order valence-corrected chi connectivity index (χ0v) is 6.86. The largest absolute Gasteiger partial charge is 0.299 e. The van der Waals surface area contributed by atoms with Gasteiger partial charge in [0, 0.05) is 6.42 Å². The minimum atomic E-state index is 0.292. The molecule has 0 aromatic rings. The van der Waals surface area contributed by atoms with Crippen molar-refractivity contribution in [3.8, 4) is 0 Å². The van der Waals surface area contributed by atoms with Gasteiger partial charge in [-0.2, -0.15) is 0 Å².